The van der Waals surface area contributed by atoms with Crippen LogP contribution in [-0.2, 0) is 14.1 Å². The zero-order valence-electron chi connectivity index (χ0n) is 16.2. The number of furan rings is 1. The van der Waals surface area contributed by atoms with Crippen molar-refractivity contribution in [2.24, 2.45) is 19.8 Å². The number of fused-ring (bicyclic) bond motifs is 1. The fourth-order valence-electron chi connectivity index (χ4n) is 3.47. The number of aromatic nitrogens is 3. The third-order valence-corrected chi connectivity index (χ3v) is 4.93. The molecule has 4 aromatic rings. The molecule has 29 heavy (non-hydrogen) atoms. The number of pyridine rings is 1. The first-order valence-corrected chi connectivity index (χ1v) is 9.04. The Bertz CT molecular complexity index is 1270. The SMILES string of the molecule is CC(c1ccccc1)c1cn(C)c(=O)c2c(OC(N)=O)c(-c3cnn(C)c3)oc12. The predicted molar refractivity (Wildman–Crippen MR) is 108 cm³/mol. The minimum Gasteiger partial charge on any atom is -0.451 e. The van der Waals surface area contributed by atoms with E-state index in [2.05, 4.69) is 5.10 Å². The quantitative estimate of drug-likeness (QED) is 0.574. The van der Waals surface area contributed by atoms with Gasteiger partial charge in [-0.25, -0.2) is 4.79 Å². The molecule has 2 N–H and O–H groups in total. The molecular weight excluding hydrogens is 372 g/mol. The number of aryl methyl sites for hydroxylation is 2. The van der Waals surface area contributed by atoms with Crippen molar-refractivity contribution in [2.75, 3.05) is 0 Å². The Labute approximate surface area is 166 Å². The molecule has 1 aromatic carbocycles. The zero-order chi connectivity index (χ0) is 20.7. The number of carbonyl (C=O) groups excluding carboxylic acids is 1. The Kier molecular flexibility index (Phi) is 4.46. The Hall–Kier alpha value is -3.81. The number of hydrogen-bond acceptors (Lipinski definition) is 5. The van der Waals surface area contributed by atoms with Crippen LogP contribution in [0.25, 0.3) is 22.3 Å². The Morgan fingerprint density at radius 1 is 1.21 bits per heavy atom. The van der Waals surface area contributed by atoms with Gasteiger partial charge in [-0.1, -0.05) is 37.3 Å². The van der Waals surface area contributed by atoms with E-state index in [9.17, 15) is 9.59 Å². The summed E-state index contributed by atoms with van der Waals surface area (Å²) in [6.45, 7) is 2.02. The van der Waals surface area contributed by atoms with Crippen LogP contribution in [0.1, 0.15) is 24.0 Å². The lowest BCUT2D eigenvalue weighted by Crippen LogP contribution is -2.20. The molecule has 0 aliphatic heterocycles. The number of nitrogens with zero attached hydrogens (tertiary/aromatic N) is 3. The fraction of sp³-hybridized carbons (Fsp3) is 0.190. The van der Waals surface area contributed by atoms with E-state index in [4.69, 9.17) is 14.9 Å². The van der Waals surface area contributed by atoms with Gasteiger partial charge in [-0.05, 0) is 5.56 Å². The zero-order valence-corrected chi connectivity index (χ0v) is 16.2. The second-order valence-electron chi connectivity index (χ2n) is 6.92. The third kappa shape index (κ3) is 3.18. The van der Waals surface area contributed by atoms with Gasteiger partial charge in [0.2, 0.25) is 0 Å². The van der Waals surface area contributed by atoms with Gasteiger partial charge >= 0.3 is 6.09 Å². The number of carbonyl (C=O) groups is 1. The minimum atomic E-state index is -1.03. The Balaban J connectivity index is 2.04. The monoisotopic (exact) mass is 392 g/mol. The highest BCUT2D eigenvalue weighted by Crippen LogP contribution is 2.41. The van der Waals surface area contributed by atoms with Crippen molar-refractivity contribution < 1.29 is 13.9 Å². The normalized spacial score (nSPS) is 12.2. The van der Waals surface area contributed by atoms with Crippen LogP contribution in [0.4, 0.5) is 4.79 Å². The number of benzene rings is 1. The van der Waals surface area contributed by atoms with Crippen LogP contribution in [0, 0.1) is 0 Å². The fourth-order valence-corrected chi connectivity index (χ4v) is 3.47. The van der Waals surface area contributed by atoms with Gasteiger partial charge in [-0.3, -0.25) is 9.48 Å². The molecule has 1 amide bonds. The van der Waals surface area contributed by atoms with Crippen molar-refractivity contribution in [1.29, 1.82) is 0 Å². The van der Waals surface area contributed by atoms with Crippen LogP contribution in [0.5, 0.6) is 5.75 Å². The molecule has 1 unspecified atom stereocenters. The molecule has 0 bridgehead atoms. The molecule has 0 saturated carbocycles. The van der Waals surface area contributed by atoms with Crippen LogP contribution in [0.15, 0.2) is 58.1 Å². The van der Waals surface area contributed by atoms with E-state index in [1.165, 1.54) is 4.57 Å². The topological polar surface area (TPSA) is 105 Å². The second kappa shape index (κ2) is 6.97. The molecule has 8 nitrogen and oxygen atoms in total. The van der Waals surface area contributed by atoms with Crippen LogP contribution in [-0.4, -0.2) is 20.4 Å². The summed E-state index contributed by atoms with van der Waals surface area (Å²) >= 11 is 0. The molecule has 0 aliphatic carbocycles. The van der Waals surface area contributed by atoms with E-state index < -0.39 is 6.09 Å². The minimum absolute atomic E-state index is 0.00297. The van der Waals surface area contributed by atoms with Crippen molar-refractivity contribution in [3.8, 4) is 17.1 Å². The molecule has 1 atom stereocenters. The average molecular weight is 392 g/mol. The molecule has 8 heteroatoms. The van der Waals surface area contributed by atoms with E-state index in [0.29, 0.717) is 11.1 Å². The molecule has 0 saturated heterocycles. The van der Waals surface area contributed by atoms with E-state index in [0.717, 1.165) is 11.1 Å². The van der Waals surface area contributed by atoms with E-state index in [-0.39, 0.29) is 28.4 Å². The highest BCUT2D eigenvalue weighted by molar-refractivity contribution is 5.94. The summed E-state index contributed by atoms with van der Waals surface area (Å²) in [5.74, 6) is 0.166. The number of hydrogen-bond donors (Lipinski definition) is 1. The summed E-state index contributed by atoms with van der Waals surface area (Å²) in [5, 5.41) is 4.30. The summed E-state index contributed by atoms with van der Waals surface area (Å²) in [6, 6.07) is 9.87. The maximum absolute atomic E-state index is 12.9. The van der Waals surface area contributed by atoms with Gasteiger partial charge in [-0.15, -0.1) is 0 Å². The van der Waals surface area contributed by atoms with Crippen molar-refractivity contribution >= 4 is 17.1 Å². The number of ether oxygens (including phenoxy) is 1. The maximum Gasteiger partial charge on any atom is 0.410 e. The lowest BCUT2D eigenvalue weighted by atomic mass is 9.93. The predicted octanol–water partition coefficient (Wildman–Crippen LogP) is 3.14. The standard InChI is InChI=1S/C21H20N4O4/c1-12(13-7-5-4-6-8-13)15-11-24(2)20(26)16-18(15)28-17(19(16)29-21(22)27)14-9-23-25(3)10-14/h4-12H,1-3H3,(H2,22,27). The highest BCUT2D eigenvalue weighted by Gasteiger charge is 2.27. The third-order valence-electron chi connectivity index (χ3n) is 4.93. The first-order chi connectivity index (χ1) is 13.9. The lowest BCUT2D eigenvalue weighted by molar-refractivity contribution is 0.211. The number of primary amides is 1. The molecular formula is C21H20N4O4. The molecule has 0 fully saturated rings. The van der Waals surface area contributed by atoms with Gasteiger partial charge in [0, 0.05) is 38.0 Å². The van der Waals surface area contributed by atoms with Crippen LogP contribution < -0.4 is 16.0 Å². The molecule has 0 aliphatic rings. The van der Waals surface area contributed by atoms with Crippen molar-refractivity contribution in [3.05, 3.63) is 70.4 Å². The Morgan fingerprint density at radius 2 is 1.93 bits per heavy atom. The summed E-state index contributed by atoms with van der Waals surface area (Å²) in [7, 11) is 3.40. The van der Waals surface area contributed by atoms with Gasteiger partial charge in [0.15, 0.2) is 11.5 Å². The van der Waals surface area contributed by atoms with Gasteiger partial charge in [-0.2, -0.15) is 5.10 Å². The lowest BCUT2D eigenvalue weighted by Gasteiger charge is -2.14. The van der Waals surface area contributed by atoms with Crippen LogP contribution in [0.2, 0.25) is 0 Å². The van der Waals surface area contributed by atoms with E-state index in [1.54, 1.807) is 37.4 Å². The highest BCUT2D eigenvalue weighted by atomic mass is 16.6. The molecule has 3 aromatic heterocycles. The van der Waals surface area contributed by atoms with Crippen LogP contribution in [0.3, 0.4) is 0 Å². The Morgan fingerprint density at radius 3 is 2.55 bits per heavy atom. The summed E-state index contributed by atoms with van der Waals surface area (Å²) < 4.78 is 14.4. The van der Waals surface area contributed by atoms with Crippen molar-refractivity contribution in [3.63, 3.8) is 0 Å². The number of rotatable bonds is 4. The smallest absolute Gasteiger partial charge is 0.410 e. The van der Waals surface area contributed by atoms with E-state index >= 15 is 0 Å². The van der Waals surface area contributed by atoms with Crippen molar-refractivity contribution in [1.82, 2.24) is 14.3 Å². The van der Waals surface area contributed by atoms with E-state index in [1.807, 2.05) is 37.3 Å². The first-order valence-electron chi connectivity index (χ1n) is 9.04. The molecule has 3 heterocycles. The van der Waals surface area contributed by atoms with Crippen molar-refractivity contribution in [2.45, 2.75) is 12.8 Å². The molecule has 0 radical (unpaired) electrons. The average Bonchev–Trinajstić information content (AvgIpc) is 3.28. The van der Waals surface area contributed by atoms with Gasteiger partial charge in [0.05, 0.1) is 11.8 Å². The summed E-state index contributed by atoms with van der Waals surface area (Å²) in [5.41, 5.74) is 7.70. The summed E-state index contributed by atoms with van der Waals surface area (Å²) in [6.07, 6.45) is 3.99. The maximum atomic E-state index is 12.9. The summed E-state index contributed by atoms with van der Waals surface area (Å²) in [4.78, 5) is 24.5. The van der Waals surface area contributed by atoms with Gasteiger partial charge in [0.25, 0.3) is 5.56 Å². The first kappa shape index (κ1) is 18.5. The van der Waals surface area contributed by atoms with Gasteiger partial charge in [0.1, 0.15) is 11.0 Å². The molecule has 4 rings (SSSR count). The largest absolute Gasteiger partial charge is 0.451 e. The van der Waals surface area contributed by atoms with Gasteiger partial charge < -0.3 is 19.5 Å². The number of nitrogens with two attached hydrogens (primary N) is 1. The molecule has 0 spiro atoms. The second-order valence-corrected chi connectivity index (χ2v) is 6.92. The number of amides is 1. The van der Waals surface area contributed by atoms with Crippen LogP contribution >= 0.6 is 0 Å². The molecule has 148 valence electrons.